The maximum absolute atomic E-state index is 12.6. The van der Waals surface area contributed by atoms with Crippen LogP contribution in [0.15, 0.2) is 46.6 Å². The molecule has 1 N–H and O–H groups in total. The Balaban J connectivity index is 1.86. The van der Waals surface area contributed by atoms with Crippen molar-refractivity contribution >= 4 is 28.0 Å². The molecule has 0 spiro atoms. The second-order valence-corrected chi connectivity index (χ2v) is 6.40. The van der Waals surface area contributed by atoms with Crippen molar-refractivity contribution in [1.29, 1.82) is 0 Å². The molecular weight excluding hydrogens is 310 g/mol. The molecule has 0 aliphatic rings. The van der Waals surface area contributed by atoms with Crippen molar-refractivity contribution in [3.63, 3.8) is 0 Å². The number of hydrogen-bond donors (Lipinski definition) is 1. The van der Waals surface area contributed by atoms with E-state index in [-0.39, 0.29) is 23.9 Å². The molecule has 0 radical (unpaired) electrons. The minimum absolute atomic E-state index is 0.0107. The monoisotopic (exact) mass is 327 g/mol. The highest BCUT2D eigenvalue weighted by Crippen LogP contribution is 2.24. The van der Waals surface area contributed by atoms with Gasteiger partial charge in [-0.25, -0.2) is 5.10 Å². The zero-order valence-electron chi connectivity index (χ0n) is 12.9. The first-order valence-electron chi connectivity index (χ1n) is 7.33. The summed E-state index contributed by atoms with van der Waals surface area (Å²) in [6, 6.07) is 11.2. The molecule has 3 aromatic rings. The van der Waals surface area contributed by atoms with Gasteiger partial charge in [-0.15, -0.1) is 11.3 Å². The van der Waals surface area contributed by atoms with E-state index in [9.17, 15) is 9.59 Å². The van der Waals surface area contributed by atoms with Crippen LogP contribution < -0.4 is 5.56 Å². The van der Waals surface area contributed by atoms with Gasteiger partial charge in [-0.2, -0.15) is 5.10 Å². The number of amides is 1. The lowest BCUT2D eigenvalue weighted by atomic mass is 10.1. The summed E-state index contributed by atoms with van der Waals surface area (Å²) in [7, 11) is 1.79. The number of benzene rings is 1. The average molecular weight is 327 g/mol. The SMILES string of the molecule is C[C@H](c1cccs1)N(C)C(=O)Cc1n[nH]c(=O)c2ccccc12. The molecule has 0 aliphatic heterocycles. The van der Waals surface area contributed by atoms with Crippen LogP contribution >= 0.6 is 11.3 Å². The Morgan fingerprint density at radius 3 is 2.70 bits per heavy atom. The lowest BCUT2D eigenvalue weighted by Crippen LogP contribution is -2.31. The standard InChI is InChI=1S/C17H17N3O2S/c1-11(15-8-5-9-23-15)20(2)16(21)10-14-12-6-3-4-7-13(12)17(22)19-18-14/h3-9,11H,10H2,1-2H3,(H,19,22)/t11-/m1/s1. The summed E-state index contributed by atoms with van der Waals surface area (Å²) in [5.41, 5.74) is 0.354. The Morgan fingerprint density at radius 1 is 1.26 bits per heavy atom. The first kappa shape index (κ1) is 15.4. The molecule has 1 atom stereocenters. The number of aromatic amines is 1. The van der Waals surface area contributed by atoms with Gasteiger partial charge >= 0.3 is 0 Å². The minimum atomic E-state index is -0.239. The number of H-pyrrole nitrogens is 1. The van der Waals surface area contributed by atoms with Gasteiger partial charge in [0.15, 0.2) is 0 Å². The van der Waals surface area contributed by atoms with Gasteiger partial charge in [0.05, 0.1) is 23.5 Å². The maximum atomic E-state index is 12.6. The highest BCUT2D eigenvalue weighted by molar-refractivity contribution is 7.10. The molecule has 1 amide bonds. The van der Waals surface area contributed by atoms with Crippen LogP contribution in [0.5, 0.6) is 0 Å². The summed E-state index contributed by atoms with van der Waals surface area (Å²) in [4.78, 5) is 27.2. The molecule has 2 aromatic heterocycles. The molecule has 2 heterocycles. The molecule has 118 valence electrons. The van der Waals surface area contributed by atoms with Crippen molar-refractivity contribution < 1.29 is 4.79 Å². The fourth-order valence-electron chi connectivity index (χ4n) is 2.51. The van der Waals surface area contributed by atoms with E-state index in [1.807, 2.05) is 36.6 Å². The Labute approximate surface area is 137 Å². The fourth-order valence-corrected chi connectivity index (χ4v) is 3.34. The van der Waals surface area contributed by atoms with Gasteiger partial charge in [-0.3, -0.25) is 9.59 Å². The zero-order valence-corrected chi connectivity index (χ0v) is 13.8. The van der Waals surface area contributed by atoms with E-state index in [0.717, 1.165) is 10.3 Å². The van der Waals surface area contributed by atoms with Crippen LogP contribution in [0.3, 0.4) is 0 Å². The third kappa shape index (κ3) is 3.03. The van der Waals surface area contributed by atoms with E-state index >= 15 is 0 Å². The quantitative estimate of drug-likeness (QED) is 0.801. The van der Waals surface area contributed by atoms with Crippen molar-refractivity contribution in [3.8, 4) is 0 Å². The van der Waals surface area contributed by atoms with E-state index in [0.29, 0.717) is 11.1 Å². The van der Waals surface area contributed by atoms with Crippen molar-refractivity contribution in [2.45, 2.75) is 19.4 Å². The summed E-state index contributed by atoms with van der Waals surface area (Å²) in [5, 5.41) is 9.82. The summed E-state index contributed by atoms with van der Waals surface area (Å²) >= 11 is 1.63. The normalized spacial score (nSPS) is 12.3. The molecule has 23 heavy (non-hydrogen) atoms. The number of fused-ring (bicyclic) bond motifs is 1. The topological polar surface area (TPSA) is 66.1 Å². The number of thiophene rings is 1. The Hall–Kier alpha value is -2.47. The average Bonchev–Trinajstić information content (AvgIpc) is 3.10. The van der Waals surface area contributed by atoms with Gasteiger partial charge < -0.3 is 4.90 Å². The van der Waals surface area contributed by atoms with E-state index in [1.54, 1.807) is 35.4 Å². The van der Waals surface area contributed by atoms with E-state index in [2.05, 4.69) is 10.2 Å². The number of rotatable bonds is 4. The van der Waals surface area contributed by atoms with Crippen molar-refractivity contribution in [3.05, 3.63) is 62.7 Å². The summed E-state index contributed by atoms with van der Waals surface area (Å²) in [6.45, 7) is 2.00. The van der Waals surface area contributed by atoms with Gasteiger partial charge in [-0.1, -0.05) is 24.3 Å². The highest BCUT2D eigenvalue weighted by Gasteiger charge is 2.20. The van der Waals surface area contributed by atoms with Gasteiger partial charge in [0.25, 0.3) is 5.56 Å². The third-order valence-electron chi connectivity index (χ3n) is 4.02. The van der Waals surface area contributed by atoms with Crippen LogP contribution in [-0.2, 0) is 11.2 Å². The first-order chi connectivity index (χ1) is 11.1. The molecule has 6 heteroatoms. The molecule has 5 nitrogen and oxygen atoms in total. The maximum Gasteiger partial charge on any atom is 0.272 e. The predicted molar refractivity (Wildman–Crippen MR) is 91.6 cm³/mol. The van der Waals surface area contributed by atoms with Crippen molar-refractivity contribution in [1.82, 2.24) is 15.1 Å². The lowest BCUT2D eigenvalue weighted by Gasteiger charge is -2.24. The Kier molecular flexibility index (Phi) is 4.25. The lowest BCUT2D eigenvalue weighted by molar-refractivity contribution is -0.131. The Bertz CT molecular complexity index is 886. The van der Waals surface area contributed by atoms with Crippen LogP contribution in [0, 0.1) is 0 Å². The van der Waals surface area contributed by atoms with Crippen LogP contribution in [0.1, 0.15) is 23.5 Å². The predicted octanol–water partition coefficient (Wildman–Crippen LogP) is 2.75. The minimum Gasteiger partial charge on any atom is -0.338 e. The summed E-state index contributed by atoms with van der Waals surface area (Å²) < 4.78 is 0. The van der Waals surface area contributed by atoms with Gasteiger partial charge in [-0.05, 0) is 24.4 Å². The molecule has 0 saturated carbocycles. The van der Waals surface area contributed by atoms with E-state index in [1.165, 1.54) is 0 Å². The van der Waals surface area contributed by atoms with Crippen LogP contribution in [0.4, 0.5) is 0 Å². The molecular formula is C17H17N3O2S. The third-order valence-corrected chi connectivity index (χ3v) is 5.07. The Morgan fingerprint density at radius 2 is 2.00 bits per heavy atom. The van der Waals surface area contributed by atoms with Crippen molar-refractivity contribution in [2.75, 3.05) is 7.05 Å². The number of nitrogens with zero attached hydrogens (tertiary/aromatic N) is 2. The van der Waals surface area contributed by atoms with E-state index < -0.39 is 0 Å². The van der Waals surface area contributed by atoms with Crippen molar-refractivity contribution in [2.24, 2.45) is 0 Å². The van der Waals surface area contributed by atoms with Crippen LogP contribution in [-0.4, -0.2) is 28.1 Å². The smallest absolute Gasteiger partial charge is 0.272 e. The number of nitrogens with one attached hydrogen (secondary N) is 1. The van der Waals surface area contributed by atoms with Gasteiger partial charge in [0, 0.05) is 17.3 Å². The zero-order chi connectivity index (χ0) is 16.4. The second-order valence-electron chi connectivity index (χ2n) is 5.42. The molecule has 0 fully saturated rings. The number of carbonyl (C=O) groups excluding carboxylic acids is 1. The van der Waals surface area contributed by atoms with Crippen LogP contribution in [0.2, 0.25) is 0 Å². The number of aromatic nitrogens is 2. The van der Waals surface area contributed by atoms with Gasteiger partial charge in [0.2, 0.25) is 5.91 Å². The number of likely N-dealkylation sites (N-methyl/N-ethyl adjacent to an activating group) is 1. The molecule has 0 saturated heterocycles. The summed E-state index contributed by atoms with van der Waals surface area (Å²) in [5.74, 6) is -0.0318. The van der Waals surface area contributed by atoms with Gasteiger partial charge in [0.1, 0.15) is 0 Å². The molecule has 0 bridgehead atoms. The van der Waals surface area contributed by atoms with E-state index in [4.69, 9.17) is 0 Å². The molecule has 1 aromatic carbocycles. The van der Waals surface area contributed by atoms with Crippen LogP contribution in [0.25, 0.3) is 10.8 Å². The summed E-state index contributed by atoms with van der Waals surface area (Å²) in [6.07, 6.45) is 0.156. The highest BCUT2D eigenvalue weighted by atomic mass is 32.1. The second kappa shape index (κ2) is 6.34. The largest absolute Gasteiger partial charge is 0.338 e. The molecule has 0 aliphatic carbocycles. The number of hydrogen-bond acceptors (Lipinski definition) is 4. The molecule has 3 rings (SSSR count). The number of carbonyl (C=O) groups is 1. The first-order valence-corrected chi connectivity index (χ1v) is 8.21. The molecule has 0 unspecified atom stereocenters. The fraction of sp³-hybridized carbons (Fsp3) is 0.235.